The van der Waals surface area contributed by atoms with E-state index in [0.29, 0.717) is 12.0 Å². The summed E-state index contributed by atoms with van der Waals surface area (Å²) in [4.78, 5) is 0. The van der Waals surface area contributed by atoms with Crippen molar-refractivity contribution in [2.24, 2.45) is 5.92 Å². The lowest BCUT2D eigenvalue weighted by molar-refractivity contribution is 0.0311. The van der Waals surface area contributed by atoms with Crippen LogP contribution in [0.1, 0.15) is 36.0 Å². The molecule has 1 aliphatic heterocycles. The van der Waals surface area contributed by atoms with Crippen LogP contribution in [-0.2, 0) is 17.6 Å². The van der Waals surface area contributed by atoms with Gasteiger partial charge in [0.2, 0.25) is 0 Å². The van der Waals surface area contributed by atoms with Gasteiger partial charge in [0, 0.05) is 5.92 Å². The molecule has 29 heavy (non-hydrogen) atoms. The minimum atomic E-state index is 0.240. The highest BCUT2D eigenvalue weighted by Crippen LogP contribution is 2.39. The van der Waals surface area contributed by atoms with E-state index in [2.05, 4.69) is 97.6 Å². The Kier molecular flexibility index (Phi) is 6.59. The molecule has 0 radical (unpaired) electrons. The predicted octanol–water partition coefficient (Wildman–Crippen LogP) is 6.74. The fraction of sp³-hybridized carbons (Fsp3) is 0.286. The maximum atomic E-state index is 6.60. The summed E-state index contributed by atoms with van der Waals surface area (Å²) in [7, 11) is 0. The summed E-state index contributed by atoms with van der Waals surface area (Å²) in [6.45, 7) is 4.48. The van der Waals surface area contributed by atoms with Gasteiger partial charge in [0.15, 0.2) is 0 Å². The van der Waals surface area contributed by atoms with Crippen molar-refractivity contribution < 1.29 is 4.74 Å². The van der Waals surface area contributed by atoms with E-state index >= 15 is 0 Å². The van der Waals surface area contributed by atoms with Gasteiger partial charge >= 0.3 is 0 Å². The maximum absolute atomic E-state index is 6.60. The van der Waals surface area contributed by atoms with Crippen molar-refractivity contribution >= 4 is 5.57 Å². The highest BCUT2D eigenvalue weighted by Gasteiger charge is 2.36. The quantitative estimate of drug-likeness (QED) is 0.419. The Hall–Kier alpha value is -2.64. The van der Waals surface area contributed by atoms with Gasteiger partial charge in [0.1, 0.15) is 0 Å². The van der Waals surface area contributed by atoms with Gasteiger partial charge in [-0.2, -0.15) is 0 Å². The molecule has 0 bridgehead atoms. The normalized spacial score (nSPS) is 21.2. The van der Waals surface area contributed by atoms with Crippen LogP contribution in [-0.4, -0.2) is 12.2 Å². The van der Waals surface area contributed by atoms with Crippen LogP contribution in [0.2, 0.25) is 0 Å². The van der Waals surface area contributed by atoms with Gasteiger partial charge < -0.3 is 4.74 Å². The summed E-state index contributed by atoms with van der Waals surface area (Å²) in [6, 6.07) is 32.1. The Morgan fingerprint density at radius 2 is 1.24 bits per heavy atom. The van der Waals surface area contributed by atoms with Crippen molar-refractivity contribution in [3.63, 3.8) is 0 Å². The minimum absolute atomic E-state index is 0.240. The molecule has 148 valence electrons. The zero-order valence-electron chi connectivity index (χ0n) is 17.0. The first-order valence-corrected chi connectivity index (χ1v) is 10.8. The van der Waals surface area contributed by atoms with E-state index in [9.17, 15) is 0 Å². The van der Waals surface area contributed by atoms with Crippen molar-refractivity contribution in [2.75, 3.05) is 0 Å². The fourth-order valence-corrected chi connectivity index (χ4v) is 4.45. The number of ether oxygens (including phenoxy) is 1. The Morgan fingerprint density at radius 1 is 0.724 bits per heavy atom. The van der Waals surface area contributed by atoms with E-state index in [1.54, 1.807) is 0 Å². The zero-order valence-corrected chi connectivity index (χ0v) is 17.0. The van der Waals surface area contributed by atoms with Crippen molar-refractivity contribution in [3.8, 4) is 0 Å². The first-order valence-electron chi connectivity index (χ1n) is 10.8. The molecule has 1 aliphatic rings. The summed E-state index contributed by atoms with van der Waals surface area (Å²) in [6.07, 6.45) is 5.86. The Morgan fingerprint density at radius 3 is 1.83 bits per heavy atom. The first-order chi connectivity index (χ1) is 14.3. The van der Waals surface area contributed by atoms with Crippen LogP contribution in [0.25, 0.3) is 5.57 Å². The molecular formula is C28H30O. The van der Waals surface area contributed by atoms with E-state index in [1.165, 1.54) is 22.3 Å². The van der Waals surface area contributed by atoms with E-state index in [1.807, 2.05) is 0 Å². The van der Waals surface area contributed by atoms with Gasteiger partial charge in [0.05, 0.1) is 12.2 Å². The lowest BCUT2D eigenvalue weighted by atomic mass is 9.84. The molecule has 0 N–H and O–H groups in total. The monoisotopic (exact) mass is 382 g/mol. The lowest BCUT2D eigenvalue weighted by Gasteiger charge is -2.21. The number of hydrogen-bond acceptors (Lipinski definition) is 1. The smallest absolute Gasteiger partial charge is 0.0651 e. The lowest BCUT2D eigenvalue weighted by Crippen LogP contribution is -2.18. The van der Waals surface area contributed by atoms with Gasteiger partial charge in [0.25, 0.3) is 0 Å². The molecule has 3 aromatic rings. The Bertz CT molecular complexity index is 885. The third-order valence-corrected chi connectivity index (χ3v) is 6.08. The molecule has 1 saturated heterocycles. The van der Waals surface area contributed by atoms with Crippen LogP contribution in [0.3, 0.4) is 0 Å². The molecule has 1 fully saturated rings. The molecule has 1 heteroatoms. The van der Waals surface area contributed by atoms with E-state index in [-0.39, 0.29) is 6.10 Å². The highest BCUT2D eigenvalue weighted by molar-refractivity contribution is 5.66. The topological polar surface area (TPSA) is 9.23 Å². The Balaban J connectivity index is 1.44. The van der Waals surface area contributed by atoms with Crippen LogP contribution < -0.4 is 0 Å². The molecule has 0 amide bonds. The molecule has 4 rings (SSSR count). The second-order valence-corrected chi connectivity index (χ2v) is 8.08. The number of aryl methyl sites for hydroxylation is 2. The predicted molar refractivity (Wildman–Crippen MR) is 122 cm³/mol. The van der Waals surface area contributed by atoms with E-state index in [0.717, 1.165) is 32.1 Å². The summed E-state index contributed by atoms with van der Waals surface area (Å²) >= 11 is 0. The molecule has 0 saturated carbocycles. The summed E-state index contributed by atoms with van der Waals surface area (Å²) in [5.41, 5.74) is 5.25. The number of benzene rings is 3. The molecule has 3 atom stereocenters. The second kappa shape index (κ2) is 9.71. The molecule has 0 unspecified atom stereocenters. The van der Waals surface area contributed by atoms with Crippen molar-refractivity contribution in [3.05, 3.63) is 114 Å². The van der Waals surface area contributed by atoms with Crippen molar-refractivity contribution in [1.29, 1.82) is 0 Å². The van der Waals surface area contributed by atoms with Crippen molar-refractivity contribution in [2.45, 2.75) is 44.3 Å². The molecule has 0 aliphatic carbocycles. The Labute approximate surface area is 175 Å². The van der Waals surface area contributed by atoms with Gasteiger partial charge in [-0.25, -0.2) is 0 Å². The van der Waals surface area contributed by atoms with Gasteiger partial charge in [-0.1, -0.05) is 97.6 Å². The van der Waals surface area contributed by atoms with Crippen LogP contribution in [0.4, 0.5) is 0 Å². The highest BCUT2D eigenvalue weighted by atomic mass is 16.5. The molecule has 1 nitrogen and oxygen atoms in total. The van der Waals surface area contributed by atoms with E-state index < -0.39 is 0 Å². The summed E-state index contributed by atoms with van der Waals surface area (Å²) in [5.74, 6) is 0.391. The molecule has 1 heterocycles. The minimum Gasteiger partial charge on any atom is -0.374 e. The average Bonchev–Trinajstić information content (AvgIpc) is 3.21. The number of hydrogen-bond donors (Lipinski definition) is 0. The van der Waals surface area contributed by atoms with Crippen molar-refractivity contribution in [1.82, 2.24) is 0 Å². The third kappa shape index (κ3) is 5.25. The zero-order chi connectivity index (χ0) is 19.9. The van der Waals surface area contributed by atoms with Gasteiger partial charge in [-0.3, -0.25) is 0 Å². The SMILES string of the molecule is C=C(c1ccccc1)[C@H]1C[C@@H](CCc2ccccc2)O[C@H]1CCc1ccccc1. The van der Waals surface area contributed by atoms with Crippen LogP contribution in [0.5, 0.6) is 0 Å². The standard InChI is InChI=1S/C28H30O/c1-22(25-15-9-4-10-16-25)27-21-26(19-17-23-11-5-2-6-12-23)29-28(27)20-18-24-13-7-3-8-14-24/h2-16,26-28H,1,17-21H2/t26-,27-,28+/m1/s1. The second-order valence-electron chi connectivity index (χ2n) is 8.08. The first kappa shape index (κ1) is 19.7. The van der Waals surface area contributed by atoms with E-state index in [4.69, 9.17) is 4.74 Å². The number of rotatable bonds is 8. The fourth-order valence-electron chi connectivity index (χ4n) is 4.45. The van der Waals surface area contributed by atoms with Crippen LogP contribution >= 0.6 is 0 Å². The maximum Gasteiger partial charge on any atom is 0.0651 e. The molecular weight excluding hydrogens is 352 g/mol. The average molecular weight is 383 g/mol. The molecule has 0 spiro atoms. The van der Waals surface area contributed by atoms with Gasteiger partial charge in [-0.15, -0.1) is 0 Å². The van der Waals surface area contributed by atoms with Crippen LogP contribution in [0.15, 0.2) is 97.6 Å². The van der Waals surface area contributed by atoms with Crippen LogP contribution in [0, 0.1) is 5.92 Å². The third-order valence-electron chi connectivity index (χ3n) is 6.08. The largest absolute Gasteiger partial charge is 0.374 e. The van der Waals surface area contributed by atoms with Gasteiger partial charge in [-0.05, 0) is 54.4 Å². The molecule has 0 aromatic heterocycles. The summed E-state index contributed by atoms with van der Waals surface area (Å²) < 4.78 is 6.60. The molecule has 3 aromatic carbocycles. The summed E-state index contributed by atoms with van der Waals surface area (Å²) in [5, 5.41) is 0.